The van der Waals surface area contributed by atoms with Crippen LogP contribution >= 0.6 is 0 Å². The summed E-state index contributed by atoms with van der Waals surface area (Å²) in [6.07, 6.45) is 1.47. The average molecular weight is 235 g/mol. The van der Waals surface area contributed by atoms with Gasteiger partial charge < -0.3 is 9.84 Å². The van der Waals surface area contributed by atoms with Gasteiger partial charge in [-0.3, -0.25) is 10.1 Å². The third kappa shape index (κ3) is 2.54. The van der Waals surface area contributed by atoms with Crippen molar-refractivity contribution in [2.24, 2.45) is 0 Å². The smallest absolute Gasteiger partial charge is 0.311 e. The number of aryl methyl sites for hydroxylation is 1. The van der Waals surface area contributed by atoms with Gasteiger partial charge in [-0.2, -0.15) is 4.98 Å². The highest BCUT2D eigenvalue weighted by Crippen LogP contribution is 2.20. The predicted octanol–water partition coefficient (Wildman–Crippen LogP) is 1.29. The lowest BCUT2D eigenvalue weighted by atomic mass is 10.4. The van der Waals surface area contributed by atoms with E-state index >= 15 is 0 Å². The van der Waals surface area contributed by atoms with Crippen LogP contribution in [0, 0.1) is 17.0 Å². The number of aromatic nitrogens is 3. The van der Waals surface area contributed by atoms with Crippen molar-refractivity contribution < 1.29 is 9.45 Å². The monoisotopic (exact) mass is 235 g/mol. The molecule has 0 aliphatic heterocycles. The summed E-state index contributed by atoms with van der Waals surface area (Å²) >= 11 is 0. The SMILES string of the molecule is Cc1noc(CNc2ncccc2[N+](=O)[O-])n1. The molecular formula is C9H9N5O3. The molecule has 17 heavy (non-hydrogen) atoms. The van der Waals surface area contributed by atoms with Crippen molar-refractivity contribution >= 4 is 11.5 Å². The minimum absolute atomic E-state index is 0.0938. The fraction of sp³-hybridized carbons (Fsp3) is 0.222. The zero-order chi connectivity index (χ0) is 12.3. The molecule has 2 rings (SSSR count). The molecular weight excluding hydrogens is 226 g/mol. The van der Waals surface area contributed by atoms with Crippen LogP contribution in [-0.4, -0.2) is 20.0 Å². The summed E-state index contributed by atoms with van der Waals surface area (Å²) in [5, 5.41) is 17.1. The number of pyridine rings is 1. The second-order valence-electron chi connectivity index (χ2n) is 3.22. The van der Waals surface area contributed by atoms with Crippen molar-refractivity contribution in [3.63, 3.8) is 0 Å². The van der Waals surface area contributed by atoms with Gasteiger partial charge in [-0.1, -0.05) is 5.16 Å². The summed E-state index contributed by atoms with van der Waals surface area (Å²) in [6, 6.07) is 2.87. The highest BCUT2D eigenvalue weighted by molar-refractivity contribution is 5.54. The first-order chi connectivity index (χ1) is 8.16. The first-order valence-electron chi connectivity index (χ1n) is 4.79. The molecule has 0 amide bonds. The zero-order valence-corrected chi connectivity index (χ0v) is 8.95. The Hall–Kier alpha value is -2.51. The molecule has 2 aromatic heterocycles. The van der Waals surface area contributed by atoms with Crippen LogP contribution in [0.15, 0.2) is 22.9 Å². The van der Waals surface area contributed by atoms with E-state index in [1.165, 1.54) is 18.3 Å². The maximum Gasteiger partial charge on any atom is 0.311 e. The van der Waals surface area contributed by atoms with E-state index in [4.69, 9.17) is 4.52 Å². The Morgan fingerprint density at radius 1 is 1.59 bits per heavy atom. The van der Waals surface area contributed by atoms with Crippen LogP contribution in [0.5, 0.6) is 0 Å². The lowest BCUT2D eigenvalue weighted by molar-refractivity contribution is -0.384. The van der Waals surface area contributed by atoms with Gasteiger partial charge in [0, 0.05) is 12.3 Å². The van der Waals surface area contributed by atoms with Crippen LogP contribution in [0.4, 0.5) is 11.5 Å². The molecule has 0 aromatic carbocycles. The van der Waals surface area contributed by atoms with Gasteiger partial charge in [-0.25, -0.2) is 4.98 Å². The van der Waals surface area contributed by atoms with Gasteiger partial charge in [-0.15, -0.1) is 0 Å². The van der Waals surface area contributed by atoms with Crippen LogP contribution in [0.2, 0.25) is 0 Å². The van der Waals surface area contributed by atoms with E-state index in [0.29, 0.717) is 11.7 Å². The summed E-state index contributed by atoms with van der Waals surface area (Å²) in [5.74, 6) is 1.04. The number of nitrogens with zero attached hydrogens (tertiary/aromatic N) is 4. The molecule has 0 unspecified atom stereocenters. The Morgan fingerprint density at radius 2 is 2.41 bits per heavy atom. The molecule has 1 N–H and O–H groups in total. The summed E-state index contributed by atoms with van der Waals surface area (Å²) in [5.41, 5.74) is -0.0938. The molecule has 0 bridgehead atoms. The lowest BCUT2D eigenvalue weighted by Crippen LogP contribution is -2.04. The Labute approximate surface area is 95.8 Å². The van der Waals surface area contributed by atoms with Crippen LogP contribution < -0.4 is 5.32 Å². The highest BCUT2D eigenvalue weighted by Gasteiger charge is 2.14. The molecule has 0 atom stereocenters. The van der Waals surface area contributed by atoms with Gasteiger partial charge >= 0.3 is 5.69 Å². The molecule has 0 aliphatic carbocycles. The van der Waals surface area contributed by atoms with Gasteiger partial charge in [0.1, 0.15) is 0 Å². The van der Waals surface area contributed by atoms with E-state index in [1.807, 2.05) is 0 Å². The molecule has 0 fully saturated rings. The summed E-state index contributed by atoms with van der Waals surface area (Å²) in [4.78, 5) is 18.0. The molecule has 8 heteroatoms. The van der Waals surface area contributed by atoms with E-state index in [-0.39, 0.29) is 18.1 Å². The lowest BCUT2D eigenvalue weighted by Gasteiger charge is -2.02. The number of nitrogens with one attached hydrogen (secondary N) is 1. The number of anilines is 1. The molecule has 0 spiro atoms. The predicted molar refractivity (Wildman–Crippen MR) is 57.3 cm³/mol. The fourth-order valence-electron chi connectivity index (χ4n) is 1.25. The topological polar surface area (TPSA) is 107 Å². The quantitative estimate of drug-likeness (QED) is 0.628. The first-order valence-corrected chi connectivity index (χ1v) is 4.79. The summed E-state index contributed by atoms with van der Waals surface area (Å²) in [6.45, 7) is 1.88. The van der Waals surface area contributed by atoms with Gasteiger partial charge in [0.15, 0.2) is 5.82 Å². The summed E-state index contributed by atoms with van der Waals surface area (Å²) in [7, 11) is 0. The summed E-state index contributed by atoms with van der Waals surface area (Å²) < 4.78 is 4.87. The molecule has 2 heterocycles. The first kappa shape index (κ1) is 11.0. The largest absolute Gasteiger partial charge is 0.355 e. The van der Waals surface area contributed by atoms with Crippen molar-refractivity contribution in [1.82, 2.24) is 15.1 Å². The number of hydrogen-bond acceptors (Lipinski definition) is 7. The van der Waals surface area contributed by atoms with Crippen molar-refractivity contribution in [2.45, 2.75) is 13.5 Å². The Kier molecular flexibility index (Phi) is 2.95. The minimum Gasteiger partial charge on any atom is -0.355 e. The van der Waals surface area contributed by atoms with Gasteiger partial charge in [0.05, 0.1) is 11.5 Å². The normalized spacial score (nSPS) is 10.2. The highest BCUT2D eigenvalue weighted by atomic mass is 16.6. The third-order valence-electron chi connectivity index (χ3n) is 1.96. The second kappa shape index (κ2) is 4.56. The van der Waals surface area contributed by atoms with Crippen molar-refractivity contribution in [3.8, 4) is 0 Å². The second-order valence-corrected chi connectivity index (χ2v) is 3.22. The third-order valence-corrected chi connectivity index (χ3v) is 1.96. The molecule has 0 aliphatic rings. The average Bonchev–Trinajstić information content (AvgIpc) is 2.73. The molecule has 0 radical (unpaired) electrons. The Morgan fingerprint density at radius 3 is 3.06 bits per heavy atom. The van der Waals surface area contributed by atoms with Crippen LogP contribution in [0.3, 0.4) is 0 Å². The number of hydrogen-bond donors (Lipinski definition) is 1. The van der Waals surface area contributed by atoms with Gasteiger partial charge in [-0.05, 0) is 13.0 Å². The Bertz CT molecular complexity index is 539. The van der Waals surface area contributed by atoms with Crippen LogP contribution in [0.25, 0.3) is 0 Å². The van der Waals surface area contributed by atoms with E-state index in [2.05, 4.69) is 20.4 Å². The Balaban J connectivity index is 2.11. The zero-order valence-electron chi connectivity index (χ0n) is 8.95. The van der Waals surface area contributed by atoms with Gasteiger partial charge in [0.2, 0.25) is 11.7 Å². The standard InChI is InChI=1S/C9H9N5O3/c1-6-12-8(17-13-6)5-11-9-7(14(15)16)3-2-4-10-9/h2-4H,5H2,1H3,(H,10,11). The fourth-order valence-corrected chi connectivity index (χ4v) is 1.25. The van der Waals surface area contributed by atoms with Crippen LogP contribution in [0.1, 0.15) is 11.7 Å². The number of rotatable bonds is 4. The van der Waals surface area contributed by atoms with E-state index < -0.39 is 4.92 Å². The minimum atomic E-state index is -0.506. The number of nitro groups is 1. The molecule has 2 aromatic rings. The molecule has 0 saturated heterocycles. The van der Waals surface area contributed by atoms with Crippen molar-refractivity contribution in [1.29, 1.82) is 0 Å². The van der Waals surface area contributed by atoms with Crippen molar-refractivity contribution in [3.05, 3.63) is 40.2 Å². The van der Waals surface area contributed by atoms with E-state index in [0.717, 1.165) is 0 Å². The maximum atomic E-state index is 10.7. The molecule has 8 nitrogen and oxygen atoms in total. The van der Waals surface area contributed by atoms with Crippen molar-refractivity contribution in [2.75, 3.05) is 5.32 Å². The van der Waals surface area contributed by atoms with Gasteiger partial charge in [0.25, 0.3) is 0 Å². The molecule has 0 saturated carbocycles. The van der Waals surface area contributed by atoms with E-state index in [9.17, 15) is 10.1 Å². The maximum absolute atomic E-state index is 10.7. The molecule has 88 valence electrons. The van der Waals surface area contributed by atoms with Crippen LogP contribution in [-0.2, 0) is 6.54 Å². The van der Waals surface area contributed by atoms with E-state index in [1.54, 1.807) is 6.92 Å².